The number of carbonyl (C=O) groups is 2. The van der Waals surface area contributed by atoms with Crippen LogP contribution in [0, 0.1) is 0 Å². The van der Waals surface area contributed by atoms with Gasteiger partial charge in [-0.1, -0.05) is 12.1 Å². The van der Waals surface area contributed by atoms with E-state index in [1.54, 1.807) is 25.1 Å². The first-order chi connectivity index (χ1) is 8.17. The average Bonchev–Trinajstić information content (AvgIpc) is 2.36. The highest BCUT2D eigenvalue weighted by atomic mass is 35.5. The number of hydrogen-bond donors (Lipinski definition) is 1. The zero-order chi connectivity index (χ0) is 12.7. The van der Waals surface area contributed by atoms with Gasteiger partial charge < -0.3 is 10.1 Å². The molecule has 0 aliphatic heterocycles. The molecule has 0 fully saturated rings. The SMILES string of the molecule is CCOC(=O)CNC(=O)c1cccc(CCl)c1. The van der Waals surface area contributed by atoms with Gasteiger partial charge in [0.15, 0.2) is 0 Å². The Labute approximate surface area is 105 Å². The predicted molar refractivity (Wildman–Crippen MR) is 65.0 cm³/mol. The van der Waals surface area contributed by atoms with Crippen molar-refractivity contribution in [3.05, 3.63) is 35.4 Å². The van der Waals surface area contributed by atoms with E-state index in [9.17, 15) is 9.59 Å². The number of ether oxygens (including phenoxy) is 1. The Morgan fingerprint density at radius 3 is 2.82 bits per heavy atom. The zero-order valence-electron chi connectivity index (χ0n) is 9.53. The molecule has 0 heterocycles. The molecular weight excluding hydrogens is 242 g/mol. The largest absolute Gasteiger partial charge is 0.465 e. The van der Waals surface area contributed by atoms with E-state index in [1.165, 1.54) is 0 Å². The van der Waals surface area contributed by atoms with Crippen molar-refractivity contribution in [2.45, 2.75) is 12.8 Å². The third-order valence-corrected chi connectivity index (χ3v) is 2.35. The minimum absolute atomic E-state index is 0.127. The molecule has 0 saturated carbocycles. The van der Waals surface area contributed by atoms with E-state index in [4.69, 9.17) is 16.3 Å². The Kier molecular flexibility index (Phi) is 5.49. The predicted octanol–water partition coefficient (Wildman–Crippen LogP) is 1.72. The van der Waals surface area contributed by atoms with Crippen LogP contribution in [0.1, 0.15) is 22.8 Å². The van der Waals surface area contributed by atoms with Crippen LogP contribution in [0.2, 0.25) is 0 Å². The molecule has 0 bridgehead atoms. The van der Waals surface area contributed by atoms with E-state index < -0.39 is 5.97 Å². The normalized spacial score (nSPS) is 9.76. The molecule has 4 nitrogen and oxygen atoms in total. The highest BCUT2D eigenvalue weighted by Gasteiger charge is 2.08. The molecule has 0 saturated heterocycles. The van der Waals surface area contributed by atoms with Crippen molar-refractivity contribution in [2.24, 2.45) is 0 Å². The lowest BCUT2D eigenvalue weighted by atomic mass is 10.1. The molecule has 0 atom stereocenters. The van der Waals surface area contributed by atoms with Crippen LogP contribution in [-0.4, -0.2) is 25.0 Å². The first-order valence-electron chi connectivity index (χ1n) is 5.26. The van der Waals surface area contributed by atoms with Gasteiger partial charge in [0, 0.05) is 11.4 Å². The van der Waals surface area contributed by atoms with E-state index in [0.717, 1.165) is 5.56 Å². The first-order valence-corrected chi connectivity index (χ1v) is 5.79. The number of halogens is 1. The highest BCUT2D eigenvalue weighted by Crippen LogP contribution is 2.07. The van der Waals surface area contributed by atoms with Crippen LogP contribution >= 0.6 is 11.6 Å². The van der Waals surface area contributed by atoms with Gasteiger partial charge >= 0.3 is 5.97 Å². The van der Waals surface area contributed by atoms with Crippen molar-refractivity contribution in [1.29, 1.82) is 0 Å². The summed E-state index contributed by atoms with van der Waals surface area (Å²) in [5, 5.41) is 2.48. The smallest absolute Gasteiger partial charge is 0.325 e. The Bertz CT molecular complexity index is 406. The summed E-state index contributed by atoms with van der Waals surface area (Å²) in [4.78, 5) is 22.7. The Morgan fingerprint density at radius 1 is 1.41 bits per heavy atom. The number of benzene rings is 1. The van der Waals surface area contributed by atoms with Crippen LogP contribution in [0.15, 0.2) is 24.3 Å². The van der Waals surface area contributed by atoms with Gasteiger partial charge in [-0.2, -0.15) is 0 Å². The van der Waals surface area contributed by atoms with Crippen LogP contribution in [0.4, 0.5) is 0 Å². The fourth-order valence-corrected chi connectivity index (χ4v) is 1.43. The number of alkyl halides is 1. The summed E-state index contributed by atoms with van der Waals surface area (Å²) in [5.74, 6) is -0.418. The lowest BCUT2D eigenvalue weighted by Gasteiger charge is -2.05. The fraction of sp³-hybridized carbons (Fsp3) is 0.333. The van der Waals surface area contributed by atoms with E-state index >= 15 is 0 Å². The Morgan fingerprint density at radius 2 is 2.18 bits per heavy atom. The molecule has 0 aliphatic rings. The van der Waals surface area contributed by atoms with Crippen LogP contribution in [0.3, 0.4) is 0 Å². The second-order valence-electron chi connectivity index (χ2n) is 3.32. The quantitative estimate of drug-likeness (QED) is 0.644. The van der Waals surface area contributed by atoms with Crippen molar-refractivity contribution >= 4 is 23.5 Å². The zero-order valence-corrected chi connectivity index (χ0v) is 10.3. The van der Waals surface area contributed by atoms with Gasteiger partial charge in [-0.3, -0.25) is 9.59 Å². The molecule has 1 rings (SSSR count). The number of esters is 1. The summed E-state index contributed by atoms with van der Waals surface area (Å²) >= 11 is 5.67. The summed E-state index contributed by atoms with van der Waals surface area (Å²) in [6.45, 7) is 1.89. The molecule has 5 heteroatoms. The van der Waals surface area contributed by atoms with Crippen LogP contribution in [-0.2, 0) is 15.4 Å². The number of amides is 1. The Hall–Kier alpha value is -1.55. The van der Waals surface area contributed by atoms with Crippen molar-refractivity contribution in [2.75, 3.05) is 13.2 Å². The lowest BCUT2D eigenvalue weighted by molar-refractivity contribution is -0.141. The van der Waals surface area contributed by atoms with Crippen molar-refractivity contribution in [3.63, 3.8) is 0 Å². The molecule has 0 unspecified atom stereocenters. The molecule has 1 amide bonds. The third kappa shape index (κ3) is 4.44. The molecule has 92 valence electrons. The summed E-state index contributed by atoms with van der Waals surface area (Å²) in [6, 6.07) is 6.93. The molecule has 1 N–H and O–H groups in total. The van der Waals surface area contributed by atoms with E-state index in [1.807, 2.05) is 6.07 Å². The van der Waals surface area contributed by atoms with Gasteiger partial charge in [0.2, 0.25) is 0 Å². The lowest BCUT2D eigenvalue weighted by Crippen LogP contribution is -2.30. The maximum Gasteiger partial charge on any atom is 0.325 e. The minimum Gasteiger partial charge on any atom is -0.465 e. The second-order valence-corrected chi connectivity index (χ2v) is 3.59. The summed E-state index contributed by atoms with van der Waals surface area (Å²) in [6.07, 6.45) is 0. The molecule has 1 aromatic rings. The maximum absolute atomic E-state index is 11.7. The van der Waals surface area contributed by atoms with Gasteiger partial charge in [-0.05, 0) is 24.6 Å². The van der Waals surface area contributed by atoms with Crippen molar-refractivity contribution in [3.8, 4) is 0 Å². The van der Waals surface area contributed by atoms with Crippen LogP contribution < -0.4 is 5.32 Å². The Balaban J connectivity index is 2.54. The van der Waals surface area contributed by atoms with Crippen molar-refractivity contribution in [1.82, 2.24) is 5.32 Å². The molecular formula is C12H14ClNO3. The van der Waals surface area contributed by atoms with Gasteiger partial charge in [0.25, 0.3) is 5.91 Å². The number of carbonyl (C=O) groups excluding carboxylic acids is 2. The number of hydrogen-bond acceptors (Lipinski definition) is 3. The molecule has 0 spiro atoms. The minimum atomic E-state index is -0.450. The van der Waals surface area contributed by atoms with E-state index in [-0.39, 0.29) is 12.5 Å². The van der Waals surface area contributed by atoms with Gasteiger partial charge in [-0.15, -0.1) is 11.6 Å². The van der Waals surface area contributed by atoms with E-state index in [0.29, 0.717) is 18.1 Å². The molecule has 0 aromatic heterocycles. The molecule has 0 aliphatic carbocycles. The average molecular weight is 256 g/mol. The maximum atomic E-state index is 11.7. The third-order valence-electron chi connectivity index (χ3n) is 2.04. The molecule has 1 aromatic carbocycles. The van der Waals surface area contributed by atoms with E-state index in [2.05, 4.69) is 5.32 Å². The molecule has 0 radical (unpaired) electrons. The number of rotatable bonds is 5. The van der Waals surface area contributed by atoms with Gasteiger partial charge in [-0.25, -0.2) is 0 Å². The molecule has 17 heavy (non-hydrogen) atoms. The highest BCUT2D eigenvalue weighted by molar-refractivity contribution is 6.17. The van der Waals surface area contributed by atoms with Crippen LogP contribution in [0.5, 0.6) is 0 Å². The summed E-state index contributed by atoms with van der Waals surface area (Å²) in [7, 11) is 0. The van der Waals surface area contributed by atoms with Crippen molar-refractivity contribution < 1.29 is 14.3 Å². The standard InChI is InChI=1S/C12H14ClNO3/c1-2-17-11(15)8-14-12(16)10-5-3-4-9(6-10)7-13/h3-6H,2,7-8H2,1H3,(H,14,16). The monoisotopic (exact) mass is 255 g/mol. The number of nitrogens with one attached hydrogen (secondary N) is 1. The topological polar surface area (TPSA) is 55.4 Å². The van der Waals surface area contributed by atoms with Gasteiger partial charge in [0.1, 0.15) is 6.54 Å². The van der Waals surface area contributed by atoms with Crippen LogP contribution in [0.25, 0.3) is 0 Å². The van der Waals surface area contributed by atoms with Gasteiger partial charge in [0.05, 0.1) is 6.61 Å². The summed E-state index contributed by atoms with van der Waals surface area (Å²) in [5.41, 5.74) is 1.34. The first kappa shape index (κ1) is 13.5. The summed E-state index contributed by atoms with van der Waals surface area (Å²) < 4.78 is 4.70. The fourth-order valence-electron chi connectivity index (χ4n) is 1.26. The second kappa shape index (κ2) is 6.91.